The zero-order valence-electron chi connectivity index (χ0n) is 11.2. The van der Waals surface area contributed by atoms with Crippen LogP contribution in [0.15, 0.2) is 17.0 Å². The minimum absolute atomic E-state index is 0.371. The van der Waals surface area contributed by atoms with E-state index in [0.29, 0.717) is 12.1 Å². The van der Waals surface area contributed by atoms with Gasteiger partial charge >= 0.3 is 0 Å². The van der Waals surface area contributed by atoms with Gasteiger partial charge in [-0.05, 0) is 17.5 Å². The predicted octanol–water partition coefficient (Wildman–Crippen LogP) is 1.79. The van der Waals surface area contributed by atoms with Gasteiger partial charge in [-0.3, -0.25) is 0 Å². The first-order valence-corrected chi connectivity index (χ1v) is 7.26. The molecule has 0 heterocycles. The summed E-state index contributed by atoms with van der Waals surface area (Å²) in [6.45, 7) is 4.68. The van der Waals surface area contributed by atoms with Gasteiger partial charge in [0.15, 0.2) is 17.5 Å². The second-order valence-electron chi connectivity index (χ2n) is 5.41. The minimum Gasteiger partial charge on any atom is -0.391 e. The summed E-state index contributed by atoms with van der Waals surface area (Å²) in [5.41, 5.74) is -0.588. The highest BCUT2D eigenvalue weighted by molar-refractivity contribution is 7.89. The molecular weight excluding hydrogens is 295 g/mol. The lowest BCUT2D eigenvalue weighted by Crippen LogP contribution is -2.39. The Labute approximate surface area is 115 Å². The van der Waals surface area contributed by atoms with Gasteiger partial charge in [-0.2, -0.15) is 0 Å². The molecule has 1 aromatic carbocycles. The molecule has 0 aliphatic heterocycles. The second kappa shape index (κ2) is 5.71. The summed E-state index contributed by atoms with van der Waals surface area (Å²) in [6, 6.07) is 1.15. The average Bonchev–Trinajstić information content (AvgIpc) is 2.31. The highest BCUT2D eigenvalue weighted by atomic mass is 32.2. The van der Waals surface area contributed by atoms with Crippen LogP contribution in [0.4, 0.5) is 13.2 Å². The fourth-order valence-corrected chi connectivity index (χ4v) is 2.39. The van der Waals surface area contributed by atoms with Gasteiger partial charge in [-0.1, -0.05) is 20.8 Å². The van der Waals surface area contributed by atoms with E-state index in [9.17, 15) is 26.7 Å². The van der Waals surface area contributed by atoms with Crippen molar-refractivity contribution in [3.63, 3.8) is 0 Å². The van der Waals surface area contributed by atoms with Crippen LogP contribution in [0, 0.1) is 22.9 Å². The normalized spacial score (nSPS) is 14.3. The Balaban J connectivity index is 2.99. The predicted molar refractivity (Wildman–Crippen MR) is 67.0 cm³/mol. The third-order valence-electron chi connectivity index (χ3n) is 2.76. The first kappa shape index (κ1) is 16.9. The molecule has 0 radical (unpaired) electrons. The maximum atomic E-state index is 13.4. The van der Waals surface area contributed by atoms with Crippen LogP contribution in [0.5, 0.6) is 0 Å². The third-order valence-corrected chi connectivity index (χ3v) is 4.20. The molecule has 2 N–H and O–H groups in total. The van der Waals surface area contributed by atoms with E-state index in [-0.39, 0.29) is 6.54 Å². The van der Waals surface area contributed by atoms with Crippen LogP contribution in [0.2, 0.25) is 0 Å². The van der Waals surface area contributed by atoms with Gasteiger partial charge in [-0.25, -0.2) is 26.3 Å². The standard InChI is InChI=1S/C12H16F3NO3S/c1-12(2,3)9(17)6-16-20(18,19)8-5-4-7(13)10(14)11(8)15/h4-5,9,16-17H,6H2,1-3H3. The van der Waals surface area contributed by atoms with Crippen molar-refractivity contribution in [3.05, 3.63) is 29.6 Å². The van der Waals surface area contributed by atoms with Crippen molar-refractivity contribution >= 4 is 10.0 Å². The number of hydrogen-bond acceptors (Lipinski definition) is 3. The summed E-state index contributed by atoms with van der Waals surface area (Å²) in [6.07, 6.45) is -1.02. The van der Waals surface area contributed by atoms with Crippen molar-refractivity contribution < 1.29 is 26.7 Å². The lowest BCUT2D eigenvalue weighted by molar-refractivity contribution is 0.0677. The molecule has 1 rings (SSSR count). The molecule has 1 atom stereocenters. The number of halogens is 3. The number of rotatable bonds is 4. The van der Waals surface area contributed by atoms with Crippen LogP contribution in [0.3, 0.4) is 0 Å². The Hall–Kier alpha value is -1.12. The molecule has 0 bridgehead atoms. The Morgan fingerprint density at radius 2 is 1.75 bits per heavy atom. The Bertz CT molecular complexity index is 597. The highest BCUT2D eigenvalue weighted by Gasteiger charge is 2.27. The van der Waals surface area contributed by atoms with Crippen molar-refractivity contribution in [2.75, 3.05) is 6.54 Å². The molecule has 0 aromatic heterocycles. The van der Waals surface area contributed by atoms with E-state index in [1.165, 1.54) is 0 Å². The molecule has 0 aliphatic carbocycles. The van der Waals surface area contributed by atoms with E-state index < -0.39 is 43.9 Å². The molecule has 8 heteroatoms. The first-order chi connectivity index (χ1) is 8.97. The van der Waals surface area contributed by atoms with Crippen LogP contribution in [0.1, 0.15) is 20.8 Å². The number of nitrogens with one attached hydrogen (secondary N) is 1. The molecule has 20 heavy (non-hydrogen) atoms. The summed E-state index contributed by atoms with van der Waals surface area (Å²) in [7, 11) is -4.38. The Morgan fingerprint density at radius 3 is 2.25 bits per heavy atom. The summed E-state index contributed by atoms with van der Waals surface area (Å²) in [5, 5.41) is 9.71. The number of benzene rings is 1. The quantitative estimate of drug-likeness (QED) is 0.833. The van der Waals surface area contributed by atoms with Crippen LogP contribution in [0.25, 0.3) is 0 Å². The number of hydrogen-bond donors (Lipinski definition) is 2. The monoisotopic (exact) mass is 311 g/mol. The number of aliphatic hydroxyl groups is 1. The SMILES string of the molecule is CC(C)(C)C(O)CNS(=O)(=O)c1ccc(F)c(F)c1F. The molecule has 0 aliphatic rings. The van der Waals surface area contributed by atoms with E-state index in [0.717, 1.165) is 0 Å². The van der Waals surface area contributed by atoms with Gasteiger partial charge in [0.2, 0.25) is 10.0 Å². The van der Waals surface area contributed by atoms with Crippen molar-refractivity contribution in [2.24, 2.45) is 5.41 Å². The van der Waals surface area contributed by atoms with Crippen LogP contribution >= 0.6 is 0 Å². The average molecular weight is 311 g/mol. The summed E-state index contributed by atoms with van der Waals surface area (Å²) in [4.78, 5) is -1.00. The lowest BCUT2D eigenvalue weighted by atomic mass is 9.89. The van der Waals surface area contributed by atoms with Crippen LogP contribution < -0.4 is 4.72 Å². The molecular formula is C12H16F3NO3S. The molecule has 0 fully saturated rings. The van der Waals surface area contributed by atoms with E-state index in [2.05, 4.69) is 0 Å². The van der Waals surface area contributed by atoms with E-state index >= 15 is 0 Å². The van der Waals surface area contributed by atoms with Crippen molar-refractivity contribution in [1.29, 1.82) is 0 Å². The summed E-state index contributed by atoms with van der Waals surface area (Å²) >= 11 is 0. The molecule has 1 unspecified atom stereocenters. The van der Waals surface area contributed by atoms with Gasteiger partial charge in [0.25, 0.3) is 0 Å². The Kier molecular flexibility index (Phi) is 4.83. The van der Waals surface area contributed by atoms with E-state index in [1.807, 2.05) is 4.72 Å². The second-order valence-corrected chi connectivity index (χ2v) is 7.14. The molecule has 0 saturated carbocycles. The van der Waals surface area contributed by atoms with Crippen molar-refractivity contribution in [2.45, 2.75) is 31.8 Å². The van der Waals surface area contributed by atoms with Gasteiger partial charge in [0, 0.05) is 6.54 Å². The third kappa shape index (κ3) is 3.71. The van der Waals surface area contributed by atoms with Crippen molar-refractivity contribution in [1.82, 2.24) is 4.72 Å². The summed E-state index contributed by atoms with van der Waals surface area (Å²) in [5.74, 6) is -5.12. The maximum Gasteiger partial charge on any atom is 0.243 e. The molecule has 0 saturated heterocycles. The van der Waals surface area contributed by atoms with Gasteiger partial charge in [-0.15, -0.1) is 0 Å². The van der Waals surface area contributed by atoms with E-state index in [1.54, 1.807) is 20.8 Å². The van der Waals surface area contributed by atoms with Gasteiger partial charge in [0.1, 0.15) is 4.90 Å². The molecule has 4 nitrogen and oxygen atoms in total. The topological polar surface area (TPSA) is 66.4 Å². The van der Waals surface area contributed by atoms with Gasteiger partial charge < -0.3 is 5.11 Å². The Morgan fingerprint density at radius 1 is 1.20 bits per heavy atom. The summed E-state index contributed by atoms with van der Waals surface area (Å²) < 4.78 is 64.7. The molecule has 0 spiro atoms. The minimum atomic E-state index is -4.38. The molecule has 1 aromatic rings. The zero-order chi connectivity index (χ0) is 15.7. The number of sulfonamides is 1. The molecule has 114 valence electrons. The zero-order valence-corrected chi connectivity index (χ0v) is 12.1. The largest absolute Gasteiger partial charge is 0.391 e. The number of aliphatic hydroxyl groups excluding tert-OH is 1. The van der Waals surface area contributed by atoms with Gasteiger partial charge in [0.05, 0.1) is 6.10 Å². The van der Waals surface area contributed by atoms with Crippen molar-refractivity contribution in [3.8, 4) is 0 Å². The smallest absolute Gasteiger partial charge is 0.243 e. The fraction of sp³-hybridized carbons (Fsp3) is 0.500. The fourth-order valence-electron chi connectivity index (χ4n) is 1.29. The van der Waals surface area contributed by atoms with E-state index in [4.69, 9.17) is 0 Å². The maximum absolute atomic E-state index is 13.4. The highest BCUT2D eigenvalue weighted by Crippen LogP contribution is 2.21. The lowest BCUT2D eigenvalue weighted by Gasteiger charge is -2.25. The van der Waals surface area contributed by atoms with Crippen LogP contribution in [-0.4, -0.2) is 26.2 Å². The molecule has 0 amide bonds. The van der Waals surface area contributed by atoms with Crippen LogP contribution in [-0.2, 0) is 10.0 Å². The first-order valence-electron chi connectivity index (χ1n) is 5.78.